The molecule has 0 aliphatic heterocycles. The highest BCUT2D eigenvalue weighted by Gasteiger charge is 2.04. The maximum absolute atomic E-state index is 5.67. The van der Waals surface area contributed by atoms with Gasteiger partial charge in [-0.2, -0.15) is 11.3 Å². The zero-order chi connectivity index (χ0) is 16.3. The highest BCUT2D eigenvalue weighted by atomic mass is 127. The zero-order valence-electron chi connectivity index (χ0n) is 14.2. The van der Waals surface area contributed by atoms with E-state index < -0.39 is 0 Å². The summed E-state index contributed by atoms with van der Waals surface area (Å²) in [7, 11) is 1.79. The smallest absolute Gasteiger partial charge is 0.191 e. The molecule has 0 aliphatic carbocycles. The van der Waals surface area contributed by atoms with E-state index >= 15 is 0 Å². The second-order valence-corrected chi connectivity index (χ2v) is 6.01. The molecule has 2 aromatic rings. The van der Waals surface area contributed by atoms with Crippen molar-refractivity contribution in [1.29, 1.82) is 0 Å². The van der Waals surface area contributed by atoms with Gasteiger partial charge in [-0.3, -0.25) is 4.99 Å². The Labute approximate surface area is 165 Å². The van der Waals surface area contributed by atoms with E-state index in [1.54, 1.807) is 18.4 Å². The zero-order valence-corrected chi connectivity index (χ0v) is 17.4. The van der Waals surface area contributed by atoms with E-state index in [2.05, 4.69) is 63.6 Å². The third-order valence-electron chi connectivity index (χ3n) is 3.43. The third-order valence-corrected chi connectivity index (χ3v) is 4.17. The van der Waals surface area contributed by atoms with Gasteiger partial charge in [0.05, 0.1) is 6.61 Å². The van der Waals surface area contributed by atoms with Crippen LogP contribution in [0.25, 0.3) is 0 Å². The first-order chi connectivity index (χ1) is 11.3. The molecular weight excluding hydrogens is 433 g/mol. The van der Waals surface area contributed by atoms with Crippen molar-refractivity contribution in [2.24, 2.45) is 4.99 Å². The number of benzene rings is 1. The van der Waals surface area contributed by atoms with Gasteiger partial charge < -0.3 is 15.4 Å². The van der Waals surface area contributed by atoms with Crippen molar-refractivity contribution in [2.75, 3.05) is 13.7 Å². The Bertz CT molecular complexity index is 602. The first-order valence-corrected chi connectivity index (χ1v) is 8.88. The molecule has 2 N–H and O–H groups in total. The number of halogens is 1. The maximum Gasteiger partial charge on any atom is 0.191 e. The van der Waals surface area contributed by atoms with Crippen molar-refractivity contribution in [2.45, 2.75) is 33.0 Å². The molecule has 0 saturated heterocycles. The molecule has 0 spiro atoms. The van der Waals surface area contributed by atoms with Crippen molar-refractivity contribution in [3.05, 3.63) is 57.8 Å². The number of hydrogen-bond donors (Lipinski definition) is 2. The number of ether oxygens (including phenoxy) is 1. The SMILES string of the molecule is CCCOCc1ccccc1CNC(=NC)NCc1ccsc1.I. The molecule has 1 heterocycles. The molecule has 0 atom stereocenters. The Morgan fingerprint density at radius 3 is 2.54 bits per heavy atom. The van der Waals surface area contributed by atoms with Crippen LogP contribution >= 0.6 is 35.3 Å². The molecule has 0 radical (unpaired) electrons. The van der Waals surface area contributed by atoms with Crippen molar-refractivity contribution in [1.82, 2.24) is 10.6 Å². The van der Waals surface area contributed by atoms with Crippen LogP contribution in [0.2, 0.25) is 0 Å². The highest BCUT2D eigenvalue weighted by molar-refractivity contribution is 14.0. The summed E-state index contributed by atoms with van der Waals surface area (Å²) in [5.41, 5.74) is 3.73. The molecule has 24 heavy (non-hydrogen) atoms. The van der Waals surface area contributed by atoms with E-state index in [4.69, 9.17) is 4.74 Å². The summed E-state index contributed by atoms with van der Waals surface area (Å²) in [4.78, 5) is 4.27. The number of rotatable bonds is 8. The number of nitrogens with zero attached hydrogens (tertiary/aromatic N) is 1. The van der Waals surface area contributed by atoms with Gasteiger partial charge in [-0.05, 0) is 39.9 Å². The predicted molar refractivity (Wildman–Crippen MR) is 113 cm³/mol. The van der Waals surface area contributed by atoms with Crippen LogP contribution in [0.1, 0.15) is 30.0 Å². The van der Waals surface area contributed by atoms with E-state index in [1.165, 1.54) is 16.7 Å². The molecule has 132 valence electrons. The van der Waals surface area contributed by atoms with Gasteiger partial charge in [0.2, 0.25) is 0 Å². The topological polar surface area (TPSA) is 45.6 Å². The lowest BCUT2D eigenvalue weighted by molar-refractivity contribution is 0.121. The predicted octanol–water partition coefficient (Wildman–Crippen LogP) is 4.16. The van der Waals surface area contributed by atoms with E-state index in [9.17, 15) is 0 Å². The molecule has 1 aromatic carbocycles. The first-order valence-electron chi connectivity index (χ1n) is 7.93. The molecule has 0 amide bonds. The van der Waals surface area contributed by atoms with Crippen molar-refractivity contribution >= 4 is 41.3 Å². The molecule has 6 heteroatoms. The molecule has 0 unspecified atom stereocenters. The fourth-order valence-corrected chi connectivity index (χ4v) is 2.84. The summed E-state index contributed by atoms with van der Waals surface area (Å²) in [5.74, 6) is 0.806. The molecule has 0 bridgehead atoms. The van der Waals surface area contributed by atoms with Crippen LogP contribution in [-0.4, -0.2) is 19.6 Å². The fourth-order valence-electron chi connectivity index (χ4n) is 2.18. The summed E-state index contributed by atoms with van der Waals surface area (Å²) >= 11 is 1.71. The standard InChI is InChI=1S/C18H25N3OS.HI/c1-3-9-22-13-17-7-5-4-6-16(17)12-21-18(19-2)20-11-15-8-10-23-14-15;/h4-8,10,14H,3,9,11-13H2,1-2H3,(H2,19,20,21);1H. The summed E-state index contributed by atoms with van der Waals surface area (Å²) in [6.45, 7) is 5.09. The van der Waals surface area contributed by atoms with Crippen LogP contribution in [0, 0.1) is 0 Å². The van der Waals surface area contributed by atoms with E-state index in [1.807, 2.05) is 0 Å². The highest BCUT2D eigenvalue weighted by Crippen LogP contribution is 2.10. The number of thiophene rings is 1. The Hall–Kier alpha value is -1.12. The van der Waals surface area contributed by atoms with Crippen LogP contribution in [0.3, 0.4) is 0 Å². The van der Waals surface area contributed by atoms with E-state index in [-0.39, 0.29) is 24.0 Å². The molecule has 1 aromatic heterocycles. The normalized spacial score (nSPS) is 11.0. The summed E-state index contributed by atoms with van der Waals surface area (Å²) < 4.78 is 5.67. The van der Waals surface area contributed by atoms with Gasteiger partial charge in [0.15, 0.2) is 5.96 Å². The number of hydrogen-bond acceptors (Lipinski definition) is 3. The summed E-state index contributed by atoms with van der Waals surface area (Å²) in [6, 6.07) is 10.5. The average molecular weight is 459 g/mol. The van der Waals surface area contributed by atoms with Gasteiger partial charge in [0.1, 0.15) is 0 Å². The van der Waals surface area contributed by atoms with Gasteiger partial charge in [-0.15, -0.1) is 24.0 Å². The number of nitrogens with one attached hydrogen (secondary N) is 2. The molecule has 2 rings (SSSR count). The summed E-state index contributed by atoms with van der Waals surface area (Å²) in [5, 5.41) is 10.9. The van der Waals surface area contributed by atoms with Gasteiger partial charge in [0, 0.05) is 26.7 Å². The molecule has 4 nitrogen and oxygen atoms in total. The lowest BCUT2D eigenvalue weighted by Crippen LogP contribution is -2.36. The van der Waals surface area contributed by atoms with E-state index in [0.29, 0.717) is 6.61 Å². The number of guanidine groups is 1. The molecule has 0 fully saturated rings. The maximum atomic E-state index is 5.67. The Balaban J connectivity index is 0.00000288. The van der Waals surface area contributed by atoms with Gasteiger partial charge >= 0.3 is 0 Å². The molecule has 0 saturated carbocycles. The Kier molecular flexibility index (Phi) is 10.7. The van der Waals surface area contributed by atoms with E-state index in [0.717, 1.165) is 32.1 Å². The van der Waals surface area contributed by atoms with Crippen LogP contribution in [-0.2, 0) is 24.4 Å². The minimum absolute atomic E-state index is 0. The van der Waals surface area contributed by atoms with Crippen LogP contribution in [0.5, 0.6) is 0 Å². The number of aliphatic imine (C=N–C) groups is 1. The van der Waals surface area contributed by atoms with Crippen molar-refractivity contribution in [3.8, 4) is 0 Å². The monoisotopic (exact) mass is 459 g/mol. The van der Waals surface area contributed by atoms with Gasteiger partial charge in [-0.25, -0.2) is 0 Å². The lowest BCUT2D eigenvalue weighted by Gasteiger charge is -2.14. The fraction of sp³-hybridized carbons (Fsp3) is 0.389. The molecule has 0 aliphatic rings. The van der Waals surface area contributed by atoms with Crippen molar-refractivity contribution < 1.29 is 4.74 Å². The second-order valence-electron chi connectivity index (χ2n) is 5.23. The first kappa shape index (κ1) is 20.9. The van der Waals surface area contributed by atoms with Gasteiger partial charge in [-0.1, -0.05) is 31.2 Å². The average Bonchev–Trinajstić information content (AvgIpc) is 3.10. The van der Waals surface area contributed by atoms with Crippen LogP contribution < -0.4 is 10.6 Å². The quantitative estimate of drug-likeness (QED) is 0.270. The van der Waals surface area contributed by atoms with Gasteiger partial charge in [0.25, 0.3) is 0 Å². The molecular formula is C18H26IN3OS. The second kappa shape index (κ2) is 12.3. The van der Waals surface area contributed by atoms with Crippen LogP contribution in [0.4, 0.5) is 0 Å². The van der Waals surface area contributed by atoms with Crippen molar-refractivity contribution in [3.63, 3.8) is 0 Å². The lowest BCUT2D eigenvalue weighted by atomic mass is 10.1. The minimum Gasteiger partial charge on any atom is -0.377 e. The third kappa shape index (κ3) is 7.19. The van der Waals surface area contributed by atoms with Crippen LogP contribution in [0.15, 0.2) is 46.1 Å². The largest absolute Gasteiger partial charge is 0.377 e. The Morgan fingerprint density at radius 2 is 1.88 bits per heavy atom. The minimum atomic E-state index is 0. The Morgan fingerprint density at radius 1 is 1.12 bits per heavy atom. The summed E-state index contributed by atoms with van der Waals surface area (Å²) in [6.07, 6.45) is 1.04.